The smallest absolute Gasteiger partial charge is 0.0212 e. The highest BCUT2D eigenvalue weighted by molar-refractivity contribution is 7.96. The fourth-order valence-electron chi connectivity index (χ4n) is 0.688. The van der Waals surface area contributed by atoms with Crippen LogP contribution in [-0.4, -0.2) is 30.2 Å². The van der Waals surface area contributed by atoms with Crippen LogP contribution in [0.1, 0.15) is 13.3 Å². The topological polar surface area (TPSA) is 29.3 Å². The second kappa shape index (κ2) is 6.39. The van der Waals surface area contributed by atoms with Gasteiger partial charge in [-0.3, -0.25) is 0 Å². The Labute approximate surface area is 61.9 Å². The number of nitrogens with zero attached hydrogens (tertiary/aromatic N) is 1. The number of nitrogens with two attached hydrogens (primary N) is 1. The first-order chi connectivity index (χ1) is 4.35. The van der Waals surface area contributed by atoms with E-state index < -0.39 is 0 Å². The molecule has 0 aromatic rings. The second-order valence-electron chi connectivity index (χ2n) is 1.90. The Hall–Kier alpha value is 0.270. The lowest BCUT2D eigenvalue weighted by molar-refractivity contribution is 0.481. The van der Waals surface area contributed by atoms with Gasteiger partial charge in [0.25, 0.3) is 0 Å². The van der Waals surface area contributed by atoms with Gasteiger partial charge in [-0.05, 0) is 12.7 Å². The summed E-state index contributed by atoms with van der Waals surface area (Å²) < 4.78 is 2.28. The molecule has 3 heteroatoms. The van der Waals surface area contributed by atoms with Crippen LogP contribution in [0, 0.1) is 0 Å². The summed E-state index contributed by atoms with van der Waals surface area (Å²) in [5.74, 6) is 0. The molecule has 9 heavy (non-hydrogen) atoms. The molecular weight excluding hydrogens is 132 g/mol. The maximum atomic E-state index is 5.38. The Balaban J connectivity index is 3.18. The minimum atomic E-state index is 0.765. The zero-order valence-electron chi connectivity index (χ0n) is 6.26. The molecule has 2 N–H and O–H groups in total. The van der Waals surface area contributed by atoms with E-state index in [2.05, 4.69) is 17.5 Å². The van der Waals surface area contributed by atoms with Gasteiger partial charge < -0.3 is 5.73 Å². The van der Waals surface area contributed by atoms with Crippen molar-refractivity contribution < 1.29 is 0 Å². The molecule has 0 aromatic carbocycles. The highest BCUT2D eigenvalue weighted by Gasteiger charge is 1.96. The number of rotatable bonds is 5. The van der Waals surface area contributed by atoms with Crippen molar-refractivity contribution in [1.29, 1.82) is 0 Å². The van der Waals surface area contributed by atoms with E-state index in [1.54, 1.807) is 11.9 Å². The number of hydrogen-bond acceptors (Lipinski definition) is 3. The zero-order valence-corrected chi connectivity index (χ0v) is 7.08. The normalized spacial score (nSPS) is 10.7. The summed E-state index contributed by atoms with van der Waals surface area (Å²) in [4.78, 5) is 0. The van der Waals surface area contributed by atoms with Gasteiger partial charge >= 0.3 is 0 Å². The fraction of sp³-hybridized carbons (Fsp3) is 1.00. The van der Waals surface area contributed by atoms with Crippen LogP contribution in [0.15, 0.2) is 0 Å². The molecule has 0 aliphatic rings. The monoisotopic (exact) mass is 148 g/mol. The van der Waals surface area contributed by atoms with Crippen molar-refractivity contribution in [2.75, 3.05) is 25.9 Å². The molecule has 0 radical (unpaired) electrons. The highest BCUT2D eigenvalue weighted by atomic mass is 32.2. The molecule has 56 valence electrons. The maximum absolute atomic E-state index is 5.38. The summed E-state index contributed by atoms with van der Waals surface area (Å²) in [6, 6.07) is 0. The van der Waals surface area contributed by atoms with Gasteiger partial charge in [-0.2, -0.15) is 0 Å². The summed E-state index contributed by atoms with van der Waals surface area (Å²) in [6.07, 6.45) is 3.30. The van der Waals surface area contributed by atoms with Crippen LogP contribution < -0.4 is 5.73 Å². The van der Waals surface area contributed by atoms with Gasteiger partial charge in [-0.1, -0.05) is 18.9 Å². The van der Waals surface area contributed by atoms with Crippen molar-refractivity contribution in [3.63, 3.8) is 0 Å². The van der Waals surface area contributed by atoms with E-state index in [1.165, 1.54) is 6.42 Å². The van der Waals surface area contributed by atoms with Crippen LogP contribution in [0.4, 0.5) is 0 Å². The van der Waals surface area contributed by atoms with Crippen LogP contribution in [0.5, 0.6) is 0 Å². The van der Waals surface area contributed by atoms with E-state index >= 15 is 0 Å². The predicted molar refractivity (Wildman–Crippen MR) is 44.4 cm³/mol. The second-order valence-corrected chi connectivity index (χ2v) is 2.78. The molecule has 0 atom stereocenters. The zero-order chi connectivity index (χ0) is 7.11. The molecule has 0 aliphatic heterocycles. The minimum Gasteiger partial charge on any atom is -0.329 e. The van der Waals surface area contributed by atoms with E-state index in [-0.39, 0.29) is 0 Å². The minimum absolute atomic E-state index is 0.765. The van der Waals surface area contributed by atoms with Gasteiger partial charge in [0.1, 0.15) is 0 Å². The third-order valence-corrected chi connectivity index (χ3v) is 1.99. The van der Waals surface area contributed by atoms with E-state index in [1.807, 2.05) is 0 Å². The lowest BCUT2D eigenvalue weighted by Crippen LogP contribution is -2.23. The van der Waals surface area contributed by atoms with Crippen molar-refractivity contribution in [2.45, 2.75) is 13.3 Å². The van der Waals surface area contributed by atoms with E-state index in [0.29, 0.717) is 0 Å². The van der Waals surface area contributed by atoms with Gasteiger partial charge in [0.15, 0.2) is 0 Å². The van der Waals surface area contributed by atoms with Crippen LogP contribution >= 0.6 is 11.9 Å². The van der Waals surface area contributed by atoms with E-state index in [4.69, 9.17) is 5.73 Å². The first-order valence-electron chi connectivity index (χ1n) is 3.34. The van der Waals surface area contributed by atoms with E-state index in [0.717, 1.165) is 19.6 Å². The van der Waals surface area contributed by atoms with Crippen LogP contribution in [-0.2, 0) is 0 Å². The molecule has 0 aromatic heterocycles. The van der Waals surface area contributed by atoms with Crippen molar-refractivity contribution in [3.8, 4) is 0 Å². The summed E-state index contributed by atoms with van der Waals surface area (Å²) in [7, 11) is 0. The molecule has 0 spiro atoms. The van der Waals surface area contributed by atoms with Crippen molar-refractivity contribution >= 4 is 11.9 Å². The molecule has 0 heterocycles. The van der Waals surface area contributed by atoms with Crippen LogP contribution in [0.2, 0.25) is 0 Å². The lowest BCUT2D eigenvalue weighted by Gasteiger charge is -2.16. The summed E-state index contributed by atoms with van der Waals surface area (Å²) in [5.41, 5.74) is 5.38. The summed E-state index contributed by atoms with van der Waals surface area (Å²) in [5, 5.41) is 0. The Morgan fingerprint density at radius 1 is 1.44 bits per heavy atom. The summed E-state index contributed by atoms with van der Waals surface area (Å²) in [6.45, 7) is 5.11. The fourth-order valence-corrected chi connectivity index (χ4v) is 1.34. The number of hydrogen-bond donors (Lipinski definition) is 1. The average Bonchev–Trinajstić information content (AvgIpc) is 1.88. The van der Waals surface area contributed by atoms with Gasteiger partial charge in [-0.15, -0.1) is 0 Å². The molecule has 0 fully saturated rings. The van der Waals surface area contributed by atoms with Gasteiger partial charge in [-0.25, -0.2) is 4.31 Å². The molecule has 0 saturated carbocycles. The predicted octanol–water partition coefficient (Wildman–Crippen LogP) is 0.935. The Morgan fingerprint density at radius 2 is 2.11 bits per heavy atom. The third-order valence-electron chi connectivity index (χ3n) is 1.11. The van der Waals surface area contributed by atoms with Crippen molar-refractivity contribution in [1.82, 2.24) is 4.31 Å². The quantitative estimate of drug-likeness (QED) is 0.588. The summed E-state index contributed by atoms with van der Waals surface area (Å²) >= 11 is 1.77. The lowest BCUT2D eigenvalue weighted by atomic mass is 10.5. The molecule has 0 bridgehead atoms. The van der Waals surface area contributed by atoms with Gasteiger partial charge in [0.2, 0.25) is 0 Å². The van der Waals surface area contributed by atoms with Gasteiger partial charge in [0, 0.05) is 19.6 Å². The standard InChI is InChI=1S/C6H16N2S/c1-3-5-8(9-2)6-4-7/h3-7H2,1-2H3. The first-order valence-corrected chi connectivity index (χ1v) is 4.52. The largest absolute Gasteiger partial charge is 0.329 e. The molecular formula is C6H16N2S. The van der Waals surface area contributed by atoms with Crippen molar-refractivity contribution in [3.05, 3.63) is 0 Å². The Morgan fingerprint density at radius 3 is 2.44 bits per heavy atom. The van der Waals surface area contributed by atoms with Gasteiger partial charge in [0.05, 0.1) is 0 Å². The molecule has 0 saturated heterocycles. The average molecular weight is 148 g/mol. The van der Waals surface area contributed by atoms with Crippen LogP contribution in [0.3, 0.4) is 0 Å². The third kappa shape index (κ3) is 4.75. The Bertz CT molecular complexity index is 53.0. The van der Waals surface area contributed by atoms with Crippen LogP contribution in [0.25, 0.3) is 0 Å². The van der Waals surface area contributed by atoms with E-state index in [9.17, 15) is 0 Å². The SMILES string of the molecule is CCCN(CCN)SC. The molecule has 0 amide bonds. The first kappa shape index (κ1) is 9.27. The Kier molecular flexibility index (Phi) is 6.58. The molecule has 0 aliphatic carbocycles. The molecule has 2 nitrogen and oxygen atoms in total. The highest BCUT2D eigenvalue weighted by Crippen LogP contribution is 2.03. The molecule has 0 unspecified atom stereocenters. The van der Waals surface area contributed by atoms with Crippen molar-refractivity contribution in [2.24, 2.45) is 5.73 Å². The molecule has 0 rings (SSSR count). The maximum Gasteiger partial charge on any atom is 0.0212 e.